The molecule has 7 aromatic carbocycles. The Morgan fingerprint density at radius 2 is 0.779 bits per heavy atom. The minimum Gasteiger partial charge on any atom is -0.435 e. The molecular weight excluding hydrogens is 1660 g/mol. The molecule has 0 saturated heterocycles. The molecule has 1 aliphatic carbocycles. The lowest BCUT2D eigenvalue weighted by Crippen LogP contribution is -2.11. The van der Waals surface area contributed by atoms with Crippen molar-refractivity contribution < 1.29 is 75.7 Å². The number of imidazole rings is 4. The highest BCUT2D eigenvalue weighted by Crippen LogP contribution is 2.42. The fourth-order valence-corrected chi connectivity index (χ4v) is 12.1. The van der Waals surface area contributed by atoms with E-state index in [1.165, 1.54) is 92.6 Å². The molecule has 17 rings (SSSR count). The number of nitrogen functional groups attached to an aromatic ring is 4. The second kappa shape index (κ2) is 35.1. The van der Waals surface area contributed by atoms with Crippen LogP contribution in [0.3, 0.4) is 0 Å². The molecule has 9 aromatic heterocycles. The zero-order valence-electron chi connectivity index (χ0n) is 62.7. The summed E-state index contributed by atoms with van der Waals surface area (Å²) in [5, 5.41) is 12.1. The van der Waals surface area contributed by atoms with Gasteiger partial charge in [-0.1, -0.05) is 25.4 Å². The van der Waals surface area contributed by atoms with Gasteiger partial charge >= 0.3 is 26.0 Å². The second-order valence-corrected chi connectivity index (χ2v) is 26.1. The van der Waals surface area contributed by atoms with E-state index in [0.717, 1.165) is 66.5 Å². The number of nitrogens with one attached hydrogen (secondary N) is 4. The van der Waals surface area contributed by atoms with Crippen LogP contribution in [0, 0.1) is 36.0 Å². The number of benzene rings is 7. The molecule has 0 spiro atoms. The summed E-state index contributed by atoms with van der Waals surface area (Å²) in [6.07, 6.45) is -0.715. The first-order valence-electron chi connectivity index (χ1n) is 35.7. The van der Waals surface area contributed by atoms with E-state index in [-0.39, 0.29) is 111 Å². The molecule has 122 heavy (non-hydrogen) atoms. The first kappa shape index (κ1) is 83.2. The van der Waals surface area contributed by atoms with Gasteiger partial charge in [0.2, 0.25) is 71.4 Å². The first-order valence-corrected chi connectivity index (χ1v) is 36.1. The molecule has 0 aliphatic heterocycles. The molecule has 1 aliphatic rings. The Morgan fingerprint density at radius 1 is 0.410 bits per heavy atom. The molecule has 32 nitrogen and oxygen atoms in total. The number of aryl methyl sites for hydroxylation is 3. The van der Waals surface area contributed by atoms with Gasteiger partial charge in [0, 0.05) is 76.9 Å². The number of anilines is 12. The Morgan fingerprint density at radius 3 is 1.19 bits per heavy atom. The Bertz CT molecular complexity index is 6510. The molecule has 12 N–H and O–H groups in total. The number of nitrogens with two attached hydrogens (primary N) is 4. The van der Waals surface area contributed by atoms with Crippen molar-refractivity contribution in [3.63, 3.8) is 0 Å². The number of ether oxygens (including phenoxy) is 3. The van der Waals surface area contributed by atoms with Gasteiger partial charge in [0.05, 0.1) is 50.4 Å². The fourth-order valence-electron chi connectivity index (χ4n) is 11.9. The number of halogens is 15. The van der Waals surface area contributed by atoms with Gasteiger partial charge in [0.15, 0.2) is 28.9 Å². The smallest absolute Gasteiger partial charge is 0.416 e. The van der Waals surface area contributed by atoms with Gasteiger partial charge < -0.3 is 58.4 Å². The lowest BCUT2D eigenvalue weighted by atomic mass is 10.2. The minimum absolute atomic E-state index is 0.00145. The highest BCUT2D eigenvalue weighted by atomic mass is 35.5. The van der Waals surface area contributed by atoms with Crippen LogP contribution >= 0.6 is 11.6 Å². The van der Waals surface area contributed by atoms with E-state index in [9.17, 15) is 61.5 Å². The van der Waals surface area contributed by atoms with Crippen LogP contribution in [-0.2, 0) is 19.0 Å². The summed E-state index contributed by atoms with van der Waals surface area (Å²) in [4.78, 5) is 71.5. The summed E-state index contributed by atoms with van der Waals surface area (Å²) in [7, 11) is 0. The lowest BCUT2D eigenvalue weighted by molar-refractivity contribution is -0.137. The second-order valence-electron chi connectivity index (χ2n) is 25.7. The van der Waals surface area contributed by atoms with E-state index < -0.39 is 60.7 Å². The number of hydrogen-bond donors (Lipinski definition) is 8. The van der Waals surface area contributed by atoms with Crippen molar-refractivity contribution in [3.8, 4) is 41.0 Å². The third-order valence-electron chi connectivity index (χ3n) is 17.2. The average Bonchev–Trinajstić information content (AvgIpc) is 1.45. The van der Waals surface area contributed by atoms with Crippen molar-refractivity contribution in [2.75, 3.05) is 44.2 Å². The Balaban J connectivity index is 0.000000133. The number of fused-ring (bicyclic) bond motifs is 4. The zero-order valence-corrected chi connectivity index (χ0v) is 63.4. The van der Waals surface area contributed by atoms with E-state index >= 15 is 0 Å². The maximum absolute atomic E-state index is 14.0. The van der Waals surface area contributed by atoms with E-state index in [4.69, 9.17) is 34.5 Å². The van der Waals surface area contributed by atoms with Gasteiger partial charge in [-0.3, -0.25) is 18.3 Å². The standard InChI is InChI=1S/C20H15F4N7O.C19H15F4N7O.C18H14ClF2N7O.C18H14F4N8/c21-12-7-14-15(8-13(12)22)31(16(27-14)9-1-2-9)20-29-18(25)28-19(30-20)26-10-3-5-11(6-4-10)32-17(23)24;1-2-15-26-13-7-11(20)12(21)8-14(13)30(15)19-28-17(24)27-18(29-19)25-9-3-5-10(6-4-9)31-16(22)23;1-9-23-13-7-2-10(19)8-14(13)28(9)18-26-16(22)25-17(27-18)24-11-3-5-12(6-4-11)29-15(20)21;1-2-13-26-14-12(7-10(19)8-24-14)30(13)17-28-15(23)27-16(29-17)25-11-5-3-9(4-6-11)18(20,21)22/h3-9,17H,1-2H2,(H3,25,26,28,29,30);3-8,16H,2H2,1H3,(H3,24,25,27,28,29);2-8,15H,1H3,(H3,22,24,25,26,27);3-8H,2H2,1H3,(H3,23,25,27,28,29). The Hall–Kier alpha value is -15.3. The summed E-state index contributed by atoms with van der Waals surface area (Å²) in [6, 6.07) is 32.2. The highest BCUT2D eigenvalue weighted by Gasteiger charge is 2.33. The zero-order chi connectivity index (χ0) is 86.5. The number of nitrogens with zero attached hydrogens (tertiary/aromatic N) is 21. The monoisotopic (exact) mass is 1710 g/mol. The summed E-state index contributed by atoms with van der Waals surface area (Å²) < 4.78 is 200. The highest BCUT2D eigenvalue weighted by molar-refractivity contribution is 6.31. The SMILES string of the molecule is CCc1nc2cc(F)c(F)cc2n1-c1nc(N)nc(Nc2ccc(OC(F)F)cc2)n1.CCc1nc2ncc(F)cc2n1-c1nc(N)nc(Nc2ccc(C(F)(F)F)cc2)n1.Cc1nc2ccc(Cl)cc2n1-c1nc(N)nc(Nc2ccc(OC(F)F)cc2)n1.Nc1nc(Nc2ccc(OC(F)F)cc2)nc(-n2c(C3CC3)nc3cc(F)c(F)cc32)n1. The minimum atomic E-state index is -4.44. The van der Waals surface area contributed by atoms with E-state index in [2.05, 4.69) is 120 Å². The largest absolute Gasteiger partial charge is 0.435 e. The third kappa shape index (κ3) is 19.6. The summed E-state index contributed by atoms with van der Waals surface area (Å²) >= 11 is 6.11. The first-order chi connectivity index (χ1) is 58.3. The quantitative estimate of drug-likeness (QED) is 0.0310. The molecule has 1 saturated carbocycles. The predicted molar refractivity (Wildman–Crippen MR) is 417 cm³/mol. The van der Waals surface area contributed by atoms with Crippen molar-refractivity contribution >= 4 is 126 Å². The molecule has 0 bridgehead atoms. The number of aromatic nitrogens is 21. The molecule has 0 radical (unpaired) electrons. The average molecular weight is 1710 g/mol. The molecular formula is C75H58ClF14N29O3. The Kier molecular flexibility index (Phi) is 23.9. The van der Waals surface area contributed by atoms with Gasteiger partial charge in [0.25, 0.3) is 0 Å². The van der Waals surface area contributed by atoms with Gasteiger partial charge in [-0.2, -0.15) is 99.3 Å². The van der Waals surface area contributed by atoms with Crippen LogP contribution in [0.25, 0.3) is 68.1 Å². The van der Waals surface area contributed by atoms with Crippen LogP contribution in [0.2, 0.25) is 5.02 Å². The predicted octanol–water partition coefficient (Wildman–Crippen LogP) is 16.0. The van der Waals surface area contributed by atoms with Gasteiger partial charge in [-0.15, -0.1) is 0 Å². The number of alkyl halides is 9. The maximum atomic E-state index is 14.0. The summed E-state index contributed by atoms with van der Waals surface area (Å²) in [5.41, 5.74) is 27.6. The maximum Gasteiger partial charge on any atom is 0.416 e. The van der Waals surface area contributed by atoms with Crippen LogP contribution < -0.4 is 58.4 Å². The molecule has 0 atom stereocenters. The Labute approximate surface area is 680 Å². The number of rotatable bonds is 21. The fraction of sp³-hybridized carbons (Fsp3) is 0.160. The van der Waals surface area contributed by atoms with E-state index in [0.29, 0.717) is 80.6 Å². The van der Waals surface area contributed by atoms with Gasteiger partial charge in [0.1, 0.15) is 46.4 Å². The molecule has 47 heteroatoms. The van der Waals surface area contributed by atoms with E-state index in [1.54, 1.807) is 34.9 Å². The van der Waals surface area contributed by atoms with Crippen molar-refractivity contribution in [1.29, 1.82) is 0 Å². The van der Waals surface area contributed by atoms with E-state index in [1.807, 2.05) is 20.8 Å². The molecule has 626 valence electrons. The summed E-state index contributed by atoms with van der Waals surface area (Å²) in [5.74, 6) is -1.87. The molecule has 0 unspecified atom stereocenters. The summed E-state index contributed by atoms with van der Waals surface area (Å²) in [6.45, 7) is -3.27. The van der Waals surface area contributed by atoms with Crippen LogP contribution in [0.5, 0.6) is 17.2 Å². The van der Waals surface area contributed by atoms with Crippen LogP contribution in [0.4, 0.5) is 132 Å². The van der Waals surface area contributed by atoms with Crippen molar-refractivity contribution in [1.82, 2.24) is 103 Å². The number of pyridine rings is 1. The topological polar surface area (TPSA) is 419 Å². The van der Waals surface area contributed by atoms with Gasteiger partial charge in [-0.05, 0) is 135 Å². The molecule has 1 fully saturated rings. The lowest BCUT2D eigenvalue weighted by Gasteiger charge is -2.11. The van der Waals surface area contributed by atoms with Crippen molar-refractivity contribution in [2.45, 2.75) is 78.4 Å². The van der Waals surface area contributed by atoms with Crippen LogP contribution in [-0.4, -0.2) is 123 Å². The van der Waals surface area contributed by atoms with Crippen molar-refractivity contribution in [2.24, 2.45) is 0 Å². The molecule has 16 aromatic rings. The molecule has 0 amide bonds. The third-order valence-corrected chi connectivity index (χ3v) is 17.5. The number of hydrogen-bond acceptors (Lipinski definition) is 28. The normalized spacial score (nSPS) is 12.0. The van der Waals surface area contributed by atoms with Gasteiger partial charge in [-0.25, -0.2) is 46.9 Å². The van der Waals surface area contributed by atoms with Crippen molar-refractivity contribution in [3.05, 3.63) is 215 Å². The molecule has 9 heterocycles. The van der Waals surface area contributed by atoms with Crippen LogP contribution in [0.1, 0.15) is 61.5 Å². The van der Waals surface area contributed by atoms with Crippen LogP contribution in [0.15, 0.2) is 152 Å².